The van der Waals surface area contributed by atoms with Gasteiger partial charge in [0.15, 0.2) is 11.5 Å². The molecule has 2 aliphatic rings. The van der Waals surface area contributed by atoms with E-state index in [2.05, 4.69) is 20.2 Å². The summed E-state index contributed by atoms with van der Waals surface area (Å²) in [5, 5.41) is 3.68. The molecule has 0 atom stereocenters. The van der Waals surface area contributed by atoms with Crippen molar-refractivity contribution in [2.45, 2.75) is 26.3 Å². The smallest absolute Gasteiger partial charge is 0.271 e. The molecule has 1 saturated heterocycles. The Labute approximate surface area is 169 Å². The van der Waals surface area contributed by atoms with Crippen molar-refractivity contribution < 1.29 is 14.3 Å². The van der Waals surface area contributed by atoms with Crippen LogP contribution in [0.15, 0.2) is 24.5 Å². The minimum Gasteiger partial charge on any atom is -0.454 e. The van der Waals surface area contributed by atoms with Gasteiger partial charge in [-0.1, -0.05) is 11.6 Å². The number of carbonyl (C=O) groups is 1. The van der Waals surface area contributed by atoms with Crippen LogP contribution in [-0.2, 0) is 6.54 Å². The number of benzene rings is 1. The molecule has 0 saturated carbocycles. The number of aromatic nitrogens is 2. The van der Waals surface area contributed by atoms with Crippen LogP contribution in [0.4, 0.5) is 0 Å². The van der Waals surface area contributed by atoms with E-state index in [1.54, 1.807) is 6.20 Å². The zero-order valence-electron chi connectivity index (χ0n) is 15.8. The number of carbonyl (C=O) groups excluding carboxylic acids is 1. The van der Waals surface area contributed by atoms with Crippen LogP contribution >= 0.6 is 11.6 Å². The van der Waals surface area contributed by atoms with Crippen LogP contribution in [0.3, 0.4) is 0 Å². The Balaban J connectivity index is 1.25. The summed E-state index contributed by atoms with van der Waals surface area (Å²) < 4.78 is 10.8. The number of hydrogen-bond donors (Lipinski definition) is 1. The number of rotatable bonds is 5. The van der Waals surface area contributed by atoms with Gasteiger partial charge in [-0.25, -0.2) is 4.98 Å². The number of nitrogens with one attached hydrogen (secondary N) is 1. The molecular weight excluding hydrogens is 380 g/mol. The zero-order valence-corrected chi connectivity index (χ0v) is 16.5. The van der Waals surface area contributed by atoms with E-state index in [0.29, 0.717) is 28.9 Å². The predicted octanol–water partition coefficient (Wildman–Crippen LogP) is 2.81. The van der Waals surface area contributed by atoms with Gasteiger partial charge >= 0.3 is 0 Å². The number of amides is 1. The number of piperidine rings is 1. The molecule has 0 unspecified atom stereocenters. The summed E-state index contributed by atoms with van der Waals surface area (Å²) in [6, 6.07) is 3.80. The molecule has 148 valence electrons. The van der Waals surface area contributed by atoms with Crippen LogP contribution in [0, 0.1) is 12.8 Å². The standard InChI is InChI=1S/C20H23ClN4O3/c1-13-8-23-17(10-22-13)20(26)24-9-14-2-4-25(5-3-14)11-15-6-18-19(7-16(15)21)28-12-27-18/h6-8,10,14H,2-5,9,11-12H2,1H3,(H,24,26). The first-order chi connectivity index (χ1) is 13.6. The molecule has 7 nitrogen and oxygen atoms in total. The average Bonchev–Trinajstić information content (AvgIpc) is 3.15. The molecule has 0 spiro atoms. The molecule has 2 aliphatic heterocycles. The second-order valence-corrected chi connectivity index (χ2v) is 7.68. The van der Waals surface area contributed by atoms with Gasteiger partial charge in [-0.2, -0.15) is 0 Å². The van der Waals surface area contributed by atoms with Gasteiger partial charge in [-0.05, 0) is 50.4 Å². The molecular formula is C20H23ClN4O3. The molecule has 4 rings (SSSR count). The highest BCUT2D eigenvalue weighted by molar-refractivity contribution is 6.31. The number of nitrogens with zero attached hydrogens (tertiary/aromatic N) is 3. The van der Waals surface area contributed by atoms with Crippen LogP contribution < -0.4 is 14.8 Å². The second kappa shape index (κ2) is 8.32. The fourth-order valence-electron chi connectivity index (χ4n) is 3.51. The van der Waals surface area contributed by atoms with Crippen molar-refractivity contribution in [2.24, 2.45) is 5.92 Å². The zero-order chi connectivity index (χ0) is 19.5. The number of likely N-dealkylation sites (tertiary alicyclic amines) is 1. The van der Waals surface area contributed by atoms with Crippen LogP contribution in [-0.4, -0.2) is 47.2 Å². The molecule has 1 amide bonds. The molecule has 8 heteroatoms. The molecule has 0 bridgehead atoms. The van der Waals surface area contributed by atoms with Crippen molar-refractivity contribution in [1.29, 1.82) is 0 Å². The van der Waals surface area contributed by atoms with Crippen molar-refractivity contribution in [3.8, 4) is 11.5 Å². The number of ether oxygens (including phenoxy) is 2. The van der Waals surface area contributed by atoms with Crippen molar-refractivity contribution >= 4 is 17.5 Å². The maximum atomic E-state index is 12.2. The lowest BCUT2D eigenvalue weighted by Crippen LogP contribution is -2.38. The van der Waals surface area contributed by atoms with Crippen LogP contribution in [0.25, 0.3) is 0 Å². The first kappa shape index (κ1) is 19.0. The average molecular weight is 403 g/mol. The SMILES string of the molecule is Cc1cnc(C(=O)NCC2CCN(Cc3cc4c(cc3Cl)OCO4)CC2)cn1. The molecule has 0 radical (unpaired) electrons. The van der Waals surface area contributed by atoms with Crippen molar-refractivity contribution in [1.82, 2.24) is 20.2 Å². The van der Waals surface area contributed by atoms with Crippen LogP contribution in [0.1, 0.15) is 34.6 Å². The van der Waals surface area contributed by atoms with E-state index in [-0.39, 0.29) is 12.7 Å². The van der Waals surface area contributed by atoms with Gasteiger partial charge in [0.1, 0.15) is 5.69 Å². The van der Waals surface area contributed by atoms with E-state index in [1.165, 1.54) is 6.20 Å². The first-order valence-corrected chi connectivity index (χ1v) is 9.83. The molecule has 3 heterocycles. The quantitative estimate of drug-likeness (QED) is 0.828. The van der Waals surface area contributed by atoms with Gasteiger partial charge in [0.2, 0.25) is 6.79 Å². The highest BCUT2D eigenvalue weighted by atomic mass is 35.5. The highest BCUT2D eigenvalue weighted by Crippen LogP contribution is 2.37. The van der Waals surface area contributed by atoms with Crippen LogP contribution in [0.5, 0.6) is 11.5 Å². The van der Waals surface area contributed by atoms with Crippen molar-refractivity contribution in [3.05, 3.63) is 46.5 Å². The Morgan fingerprint density at radius 3 is 2.68 bits per heavy atom. The highest BCUT2D eigenvalue weighted by Gasteiger charge is 2.22. The molecule has 1 aromatic heterocycles. The fourth-order valence-corrected chi connectivity index (χ4v) is 3.72. The summed E-state index contributed by atoms with van der Waals surface area (Å²) in [6.45, 7) is 5.48. The molecule has 1 N–H and O–H groups in total. The van der Waals surface area contributed by atoms with E-state index < -0.39 is 0 Å². The van der Waals surface area contributed by atoms with E-state index in [9.17, 15) is 4.79 Å². The number of aryl methyl sites for hydroxylation is 1. The summed E-state index contributed by atoms with van der Waals surface area (Å²) in [6.07, 6.45) is 5.18. The number of hydrogen-bond acceptors (Lipinski definition) is 6. The summed E-state index contributed by atoms with van der Waals surface area (Å²) in [5.74, 6) is 1.77. The lowest BCUT2D eigenvalue weighted by Gasteiger charge is -2.32. The van der Waals surface area contributed by atoms with Gasteiger partial charge in [0.05, 0.1) is 11.9 Å². The van der Waals surface area contributed by atoms with Gasteiger partial charge in [-0.15, -0.1) is 0 Å². The third-order valence-corrected chi connectivity index (χ3v) is 5.56. The second-order valence-electron chi connectivity index (χ2n) is 7.27. The fraction of sp³-hybridized carbons (Fsp3) is 0.450. The molecule has 1 fully saturated rings. The lowest BCUT2D eigenvalue weighted by atomic mass is 9.96. The van der Waals surface area contributed by atoms with E-state index in [1.807, 2.05) is 19.1 Å². The van der Waals surface area contributed by atoms with Gasteiger partial charge in [0, 0.05) is 30.4 Å². The molecule has 2 aromatic rings. The summed E-state index contributed by atoms with van der Waals surface area (Å²) in [7, 11) is 0. The Kier molecular flexibility index (Phi) is 5.64. The maximum absolute atomic E-state index is 12.2. The monoisotopic (exact) mass is 402 g/mol. The van der Waals surface area contributed by atoms with E-state index >= 15 is 0 Å². The lowest BCUT2D eigenvalue weighted by molar-refractivity contribution is 0.0930. The third kappa shape index (κ3) is 4.36. The van der Waals surface area contributed by atoms with Crippen molar-refractivity contribution in [3.63, 3.8) is 0 Å². The normalized spacial score (nSPS) is 16.9. The number of fused-ring (bicyclic) bond motifs is 1. The largest absolute Gasteiger partial charge is 0.454 e. The van der Waals surface area contributed by atoms with Gasteiger partial charge in [0.25, 0.3) is 5.91 Å². The van der Waals surface area contributed by atoms with E-state index in [0.717, 1.165) is 49.5 Å². The molecule has 0 aliphatic carbocycles. The Bertz CT molecular complexity index is 851. The minimum atomic E-state index is -0.165. The summed E-state index contributed by atoms with van der Waals surface area (Å²) in [5.41, 5.74) is 2.21. The predicted molar refractivity (Wildman–Crippen MR) is 105 cm³/mol. The Hall–Kier alpha value is -2.38. The first-order valence-electron chi connectivity index (χ1n) is 9.45. The molecule has 28 heavy (non-hydrogen) atoms. The Morgan fingerprint density at radius 2 is 1.96 bits per heavy atom. The summed E-state index contributed by atoms with van der Waals surface area (Å²) in [4.78, 5) is 22.8. The molecule has 1 aromatic carbocycles. The van der Waals surface area contributed by atoms with E-state index in [4.69, 9.17) is 21.1 Å². The van der Waals surface area contributed by atoms with Gasteiger partial charge < -0.3 is 14.8 Å². The van der Waals surface area contributed by atoms with Gasteiger partial charge in [-0.3, -0.25) is 14.7 Å². The van der Waals surface area contributed by atoms with Crippen LogP contribution in [0.2, 0.25) is 5.02 Å². The maximum Gasteiger partial charge on any atom is 0.271 e. The Morgan fingerprint density at radius 1 is 1.21 bits per heavy atom. The number of halogens is 1. The third-order valence-electron chi connectivity index (χ3n) is 5.21. The van der Waals surface area contributed by atoms with Crippen molar-refractivity contribution in [2.75, 3.05) is 26.4 Å². The minimum absolute atomic E-state index is 0.165. The topological polar surface area (TPSA) is 76.6 Å². The summed E-state index contributed by atoms with van der Waals surface area (Å²) >= 11 is 6.39.